The first-order chi connectivity index (χ1) is 11.3. The highest BCUT2D eigenvalue weighted by molar-refractivity contribution is 5.12. The predicted octanol–water partition coefficient (Wildman–Crippen LogP) is 4.57. The zero-order chi connectivity index (χ0) is 17.3. The van der Waals surface area contributed by atoms with Gasteiger partial charge in [-0.3, -0.25) is 0 Å². The Morgan fingerprint density at radius 3 is 2.42 bits per heavy atom. The zero-order valence-electron chi connectivity index (χ0n) is 16.6. The molecule has 0 aromatic rings. The van der Waals surface area contributed by atoms with E-state index < -0.39 is 0 Å². The molecule has 4 aliphatic rings. The van der Waals surface area contributed by atoms with Crippen LogP contribution in [-0.4, -0.2) is 36.2 Å². The Labute approximate surface area is 149 Å². The van der Waals surface area contributed by atoms with Crippen molar-refractivity contribution in [3.05, 3.63) is 0 Å². The standard InChI is InChI=1S/C22H39NO/c1-14-6-9-18-17-8-7-15-12-16(24)10-11-21(15,2)20(17)19(23(4)5)13-22(14,18)3/h14-20,24H,6-13H2,1-5H3/t14-,15-,16+,17-,18-,19+,20+,21-,22+/m0/s1. The monoisotopic (exact) mass is 333 g/mol. The highest BCUT2D eigenvalue weighted by Crippen LogP contribution is 2.67. The summed E-state index contributed by atoms with van der Waals surface area (Å²) in [5, 5.41) is 10.2. The molecule has 0 aromatic carbocycles. The van der Waals surface area contributed by atoms with E-state index >= 15 is 0 Å². The molecule has 0 aliphatic heterocycles. The molecule has 4 saturated carbocycles. The van der Waals surface area contributed by atoms with Gasteiger partial charge in [-0.15, -0.1) is 0 Å². The zero-order valence-corrected chi connectivity index (χ0v) is 16.6. The van der Waals surface area contributed by atoms with E-state index in [0.717, 1.165) is 48.5 Å². The third-order valence-corrected chi connectivity index (χ3v) is 9.70. The highest BCUT2D eigenvalue weighted by atomic mass is 16.3. The molecule has 0 spiro atoms. The fourth-order valence-corrected chi connectivity index (χ4v) is 8.11. The first-order valence-electron chi connectivity index (χ1n) is 10.6. The fraction of sp³-hybridized carbons (Fsp3) is 1.00. The van der Waals surface area contributed by atoms with Gasteiger partial charge >= 0.3 is 0 Å². The number of aliphatic hydroxyl groups is 1. The van der Waals surface area contributed by atoms with Crippen LogP contribution in [0.4, 0.5) is 0 Å². The van der Waals surface area contributed by atoms with Crippen LogP contribution in [0.15, 0.2) is 0 Å². The van der Waals surface area contributed by atoms with E-state index in [9.17, 15) is 5.11 Å². The average Bonchev–Trinajstić information content (AvgIpc) is 2.82. The second kappa shape index (κ2) is 5.71. The molecular weight excluding hydrogens is 294 g/mol. The van der Waals surface area contributed by atoms with Crippen molar-refractivity contribution in [2.45, 2.75) is 84.3 Å². The Morgan fingerprint density at radius 2 is 1.71 bits per heavy atom. The third-order valence-electron chi connectivity index (χ3n) is 9.70. The minimum absolute atomic E-state index is 0.0298. The lowest BCUT2D eigenvalue weighted by Gasteiger charge is -2.64. The van der Waals surface area contributed by atoms with Gasteiger partial charge in [-0.1, -0.05) is 20.8 Å². The summed E-state index contributed by atoms with van der Waals surface area (Å²) >= 11 is 0. The van der Waals surface area contributed by atoms with Gasteiger partial charge in [0.1, 0.15) is 0 Å². The van der Waals surface area contributed by atoms with Gasteiger partial charge in [-0.2, -0.15) is 0 Å². The van der Waals surface area contributed by atoms with Crippen molar-refractivity contribution >= 4 is 0 Å². The van der Waals surface area contributed by atoms with Gasteiger partial charge in [-0.05, 0) is 106 Å². The quantitative estimate of drug-likeness (QED) is 0.760. The molecule has 2 nitrogen and oxygen atoms in total. The van der Waals surface area contributed by atoms with Crippen molar-refractivity contribution in [1.29, 1.82) is 0 Å². The molecule has 4 rings (SSSR count). The maximum Gasteiger partial charge on any atom is 0.0543 e. The summed E-state index contributed by atoms with van der Waals surface area (Å²) in [6, 6.07) is 0.736. The molecule has 9 atom stereocenters. The van der Waals surface area contributed by atoms with Crippen molar-refractivity contribution in [2.75, 3.05) is 14.1 Å². The molecular formula is C22H39NO. The number of hydrogen-bond acceptors (Lipinski definition) is 2. The molecule has 0 radical (unpaired) electrons. The first-order valence-corrected chi connectivity index (χ1v) is 10.6. The van der Waals surface area contributed by atoms with Gasteiger partial charge < -0.3 is 10.0 Å². The summed E-state index contributed by atoms with van der Waals surface area (Å²) in [5.41, 5.74) is 1.03. The molecule has 0 aromatic heterocycles. The van der Waals surface area contributed by atoms with Crippen LogP contribution in [-0.2, 0) is 0 Å². The van der Waals surface area contributed by atoms with E-state index in [0.29, 0.717) is 10.8 Å². The van der Waals surface area contributed by atoms with Gasteiger partial charge in [0, 0.05) is 6.04 Å². The molecule has 138 valence electrons. The summed E-state index contributed by atoms with van der Waals surface area (Å²) in [4.78, 5) is 2.57. The van der Waals surface area contributed by atoms with Crippen molar-refractivity contribution < 1.29 is 5.11 Å². The first kappa shape index (κ1) is 17.3. The normalized spacial score (nSPS) is 57.4. The Balaban J connectivity index is 1.73. The van der Waals surface area contributed by atoms with E-state index in [2.05, 4.69) is 39.8 Å². The Kier molecular flexibility index (Phi) is 4.12. The minimum atomic E-state index is -0.0298. The summed E-state index contributed by atoms with van der Waals surface area (Å²) in [7, 11) is 4.66. The highest BCUT2D eigenvalue weighted by Gasteiger charge is 2.62. The molecule has 0 unspecified atom stereocenters. The van der Waals surface area contributed by atoms with Crippen LogP contribution in [0.1, 0.15) is 72.1 Å². The lowest BCUT2D eigenvalue weighted by molar-refractivity contribution is -0.155. The Hall–Kier alpha value is -0.0800. The van der Waals surface area contributed by atoms with Crippen LogP contribution in [0, 0.1) is 40.4 Å². The number of rotatable bonds is 1. The van der Waals surface area contributed by atoms with Crippen molar-refractivity contribution in [1.82, 2.24) is 4.90 Å². The van der Waals surface area contributed by atoms with Gasteiger partial charge in [0.05, 0.1) is 6.10 Å². The molecule has 4 aliphatic carbocycles. The van der Waals surface area contributed by atoms with E-state index in [1.54, 1.807) is 0 Å². The molecule has 0 amide bonds. The lowest BCUT2D eigenvalue weighted by atomic mass is 9.43. The number of hydrogen-bond donors (Lipinski definition) is 1. The van der Waals surface area contributed by atoms with E-state index in [4.69, 9.17) is 0 Å². The third kappa shape index (κ3) is 2.28. The predicted molar refractivity (Wildman–Crippen MR) is 99.8 cm³/mol. The van der Waals surface area contributed by atoms with Crippen molar-refractivity contribution in [3.8, 4) is 0 Å². The van der Waals surface area contributed by atoms with Crippen molar-refractivity contribution in [2.24, 2.45) is 40.4 Å². The van der Waals surface area contributed by atoms with Crippen LogP contribution in [0.25, 0.3) is 0 Å². The summed E-state index contributed by atoms with van der Waals surface area (Å²) in [6.45, 7) is 7.76. The Bertz CT molecular complexity index is 490. The number of aliphatic hydroxyl groups excluding tert-OH is 1. The fourth-order valence-electron chi connectivity index (χ4n) is 8.11. The van der Waals surface area contributed by atoms with Crippen LogP contribution in [0.3, 0.4) is 0 Å². The smallest absolute Gasteiger partial charge is 0.0543 e. The summed E-state index contributed by atoms with van der Waals surface area (Å²) < 4.78 is 0. The largest absolute Gasteiger partial charge is 0.393 e. The summed E-state index contributed by atoms with van der Waals surface area (Å²) in [5.74, 6) is 4.38. The van der Waals surface area contributed by atoms with Crippen LogP contribution in [0.5, 0.6) is 0 Å². The lowest BCUT2D eigenvalue weighted by Crippen LogP contribution is -2.61. The molecule has 4 fully saturated rings. The maximum atomic E-state index is 10.2. The second-order valence-corrected chi connectivity index (χ2v) is 10.7. The van der Waals surface area contributed by atoms with Gasteiger partial charge in [0.15, 0.2) is 0 Å². The van der Waals surface area contributed by atoms with Gasteiger partial charge in [-0.25, -0.2) is 0 Å². The van der Waals surface area contributed by atoms with Crippen LogP contribution >= 0.6 is 0 Å². The SMILES string of the molecule is C[C@H]1CC[C@H]2[C@@H]3CC[C@H]4C[C@H](O)CC[C@]4(C)[C@H]3[C@H](N(C)C)C[C@]12C. The molecule has 24 heavy (non-hydrogen) atoms. The molecule has 0 saturated heterocycles. The number of fused-ring (bicyclic) bond motifs is 5. The topological polar surface area (TPSA) is 23.5 Å². The van der Waals surface area contributed by atoms with E-state index in [1.165, 1.54) is 38.5 Å². The van der Waals surface area contributed by atoms with Crippen LogP contribution in [0.2, 0.25) is 0 Å². The maximum absolute atomic E-state index is 10.2. The van der Waals surface area contributed by atoms with Gasteiger partial charge in [0.2, 0.25) is 0 Å². The molecule has 2 heteroatoms. The summed E-state index contributed by atoms with van der Waals surface area (Å²) in [6.07, 6.45) is 10.4. The Morgan fingerprint density at radius 1 is 0.958 bits per heavy atom. The average molecular weight is 334 g/mol. The second-order valence-electron chi connectivity index (χ2n) is 10.7. The van der Waals surface area contributed by atoms with E-state index in [1.807, 2.05) is 0 Å². The molecule has 1 N–H and O–H groups in total. The molecule has 0 bridgehead atoms. The molecule has 0 heterocycles. The minimum Gasteiger partial charge on any atom is -0.393 e. The van der Waals surface area contributed by atoms with Crippen molar-refractivity contribution in [3.63, 3.8) is 0 Å². The van der Waals surface area contributed by atoms with E-state index in [-0.39, 0.29) is 6.10 Å². The van der Waals surface area contributed by atoms with Crippen LogP contribution < -0.4 is 0 Å². The van der Waals surface area contributed by atoms with Gasteiger partial charge in [0.25, 0.3) is 0 Å². The number of nitrogens with zero attached hydrogens (tertiary/aromatic N) is 1.